The van der Waals surface area contributed by atoms with Gasteiger partial charge in [-0.1, -0.05) is 22.0 Å². The van der Waals surface area contributed by atoms with Crippen LogP contribution in [0.3, 0.4) is 0 Å². The summed E-state index contributed by atoms with van der Waals surface area (Å²) in [6.45, 7) is 0.672. The summed E-state index contributed by atoms with van der Waals surface area (Å²) in [7, 11) is 3.47. The number of aliphatic hydroxyl groups excluding tert-OH is 1. The van der Waals surface area contributed by atoms with Crippen LogP contribution in [0.15, 0.2) is 40.9 Å². The van der Waals surface area contributed by atoms with Gasteiger partial charge in [-0.2, -0.15) is 0 Å². The Balaban J connectivity index is 2.33. The molecule has 0 spiro atoms. The first kappa shape index (κ1) is 15.8. The van der Waals surface area contributed by atoms with E-state index in [1.807, 2.05) is 31.3 Å². The molecule has 2 aromatic carbocycles. The molecule has 0 aliphatic heterocycles. The summed E-state index contributed by atoms with van der Waals surface area (Å²) in [5, 5.41) is 12.3. The fraction of sp³-hybridized carbons (Fsp3) is 0.250. The highest BCUT2D eigenvalue weighted by molar-refractivity contribution is 9.10. The van der Waals surface area contributed by atoms with E-state index in [1.165, 1.54) is 0 Å². The quantitative estimate of drug-likeness (QED) is 0.836. The van der Waals surface area contributed by atoms with Gasteiger partial charge in [0.25, 0.3) is 0 Å². The lowest BCUT2D eigenvalue weighted by atomic mass is 10.2. The average Bonchev–Trinajstić information content (AvgIpc) is 2.50. The SMILES string of the molecule is CNCc1cc(Br)ccc1Oc1ccc(CO)cc1OC. The van der Waals surface area contributed by atoms with Gasteiger partial charge in [0, 0.05) is 16.6 Å². The Hall–Kier alpha value is -1.56. The third kappa shape index (κ3) is 3.97. The first-order valence-electron chi connectivity index (χ1n) is 6.56. The van der Waals surface area contributed by atoms with Crippen LogP contribution in [-0.2, 0) is 13.2 Å². The van der Waals surface area contributed by atoms with Crippen molar-refractivity contribution in [3.63, 3.8) is 0 Å². The number of methoxy groups -OCH3 is 1. The lowest BCUT2D eigenvalue weighted by Gasteiger charge is -2.14. The molecule has 0 atom stereocenters. The van der Waals surface area contributed by atoms with Crippen molar-refractivity contribution in [2.75, 3.05) is 14.2 Å². The van der Waals surface area contributed by atoms with E-state index in [4.69, 9.17) is 9.47 Å². The maximum Gasteiger partial charge on any atom is 0.169 e. The van der Waals surface area contributed by atoms with Gasteiger partial charge >= 0.3 is 0 Å². The van der Waals surface area contributed by atoms with E-state index in [2.05, 4.69) is 21.2 Å². The third-order valence-electron chi connectivity index (χ3n) is 3.02. The predicted octanol–water partition coefficient (Wildman–Crippen LogP) is 3.46. The lowest BCUT2D eigenvalue weighted by Crippen LogP contribution is -2.06. The molecule has 0 saturated carbocycles. The van der Waals surface area contributed by atoms with Gasteiger partial charge in [-0.25, -0.2) is 0 Å². The third-order valence-corrected chi connectivity index (χ3v) is 3.51. The summed E-state index contributed by atoms with van der Waals surface area (Å²) in [6.07, 6.45) is 0. The summed E-state index contributed by atoms with van der Waals surface area (Å²) in [6, 6.07) is 11.2. The maximum absolute atomic E-state index is 9.17. The predicted molar refractivity (Wildman–Crippen MR) is 85.9 cm³/mol. The van der Waals surface area contributed by atoms with Gasteiger partial charge in [-0.15, -0.1) is 0 Å². The largest absolute Gasteiger partial charge is 0.493 e. The van der Waals surface area contributed by atoms with Crippen molar-refractivity contribution >= 4 is 15.9 Å². The van der Waals surface area contributed by atoms with Crippen LogP contribution in [-0.4, -0.2) is 19.3 Å². The molecule has 0 unspecified atom stereocenters. The summed E-state index contributed by atoms with van der Waals surface area (Å²) in [5.74, 6) is 1.98. The van der Waals surface area contributed by atoms with Crippen molar-refractivity contribution in [3.05, 3.63) is 52.0 Å². The number of benzene rings is 2. The summed E-state index contributed by atoms with van der Waals surface area (Å²) in [4.78, 5) is 0. The van der Waals surface area contributed by atoms with E-state index in [-0.39, 0.29) is 6.61 Å². The maximum atomic E-state index is 9.17. The molecule has 0 aromatic heterocycles. The van der Waals surface area contributed by atoms with Crippen molar-refractivity contribution in [1.82, 2.24) is 5.32 Å². The van der Waals surface area contributed by atoms with Gasteiger partial charge in [-0.3, -0.25) is 0 Å². The van der Waals surface area contributed by atoms with E-state index >= 15 is 0 Å². The molecule has 21 heavy (non-hydrogen) atoms. The minimum absolute atomic E-state index is 0.0278. The first-order chi connectivity index (χ1) is 10.2. The molecule has 0 bridgehead atoms. The summed E-state index contributed by atoms with van der Waals surface area (Å²) >= 11 is 3.46. The molecule has 0 aliphatic carbocycles. The minimum atomic E-state index is -0.0278. The highest BCUT2D eigenvalue weighted by Crippen LogP contribution is 2.34. The molecule has 2 rings (SSSR count). The standard InChI is InChI=1S/C16H18BrNO3/c1-18-9-12-8-13(17)4-6-14(12)21-15-5-3-11(10-19)7-16(15)20-2/h3-8,18-19H,9-10H2,1-2H3. The van der Waals surface area contributed by atoms with Gasteiger partial charge in [0.05, 0.1) is 13.7 Å². The fourth-order valence-electron chi connectivity index (χ4n) is 1.99. The van der Waals surface area contributed by atoms with Gasteiger partial charge in [0.1, 0.15) is 5.75 Å². The Bertz CT molecular complexity index is 616. The van der Waals surface area contributed by atoms with Crippen LogP contribution in [0.1, 0.15) is 11.1 Å². The molecule has 5 heteroatoms. The fourth-order valence-corrected chi connectivity index (χ4v) is 2.40. The number of hydrogen-bond acceptors (Lipinski definition) is 4. The number of aliphatic hydroxyl groups is 1. The Morgan fingerprint density at radius 2 is 1.86 bits per heavy atom. The normalized spacial score (nSPS) is 10.5. The zero-order valence-corrected chi connectivity index (χ0v) is 13.6. The molecule has 2 N–H and O–H groups in total. The number of ether oxygens (including phenoxy) is 2. The molecule has 0 heterocycles. The monoisotopic (exact) mass is 351 g/mol. The van der Waals surface area contributed by atoms with Crippen LogP contribution in [0.4, 0.5) is 0 Å². The molecule has 0 fully saturated rings. The Morgan fingerprint density at radius 1 is 1.10 bits per heavy atom. The topological polar surface area (TPSA) is 50.7 Å². The highest BCUT2D eigenvalue weighted by Gasteiger charge is 2.10. The molecule has 112 valence electrons. The van der Waals surface area contributed by atoms with Crippen molar-refractivity contribution in [2.45, 2.75) is 13.2 Å². The second-order valence-electron chi connectivity index (χ2n) is 4.53. The lowest BCUT2D eigenvalue weighted by molar-refractivity contribution is 0.280. The number of nitrogens with one attached hydrogen (secondary N) is 1. The number of halogens is 1. The van der Waals surface area contributed by atoms with E-state index in [0.29, 0.717) is 18.0 Å². The van der Waals surface area contributed by atoms with E-state index < -0.39 is 0 Å². The highest BCUT2D eigenvalue weighted by atomic mass is 79.9. The molecule has 4 nitrogen and oxygen atoms in total. The number of hydrogen-bond donors (Lipinski definition) is 2. The van der Waals surface area contributed by atoms with Crippen LogP contribution in [0.2, 0.25) is 0 Å². The molecule has 0 amide bonds. The van der Waals surface area contributed by atoms with Crippen LogP contribution >= 0.6 is 15.9 Å². The van der Waals surface area contributed by atoms with Crippen molar-refractivity contribution in [2.24, 2.45) is 0 Å². The van der Waals surface area contributed by atoms with Gasteiger partial charge < -0.3 is 19.9 Å². The van der Waals surface area contributed by atoms with Gasteiger partial charge in [0.15, 0.2) is 11.5 Å². The molecular formula is C16H18BrNO3. The van der Waals surface area contributed by atoms with E-state index in [0.717, 1.165) is 21.3 Å². The molecule has 0 aliphatic rings. The number of rotatable bonds is 6. The van der Waals surface area contributed by atoms with E-state index in [9.17, 15) is 5.11 Å². The second kappa shape index (κ2) is 7.45. The Kier molecular flexibility index (Phi) is 5.61. The molecule has 2 aromatic rings. The van der Waals surface area contributed by atoms with E-state index in [1.54, 1.807) is 19.2 Å². The van der Waals surface area contributed by atoms with Crippen LogP contribution in [0, 0.1) is 0 Å². The summed E-state index contributed by atoms with van der Waals surface area (Å²) < 4.78 is 12.3. The molecular weight excluding hydrogens is 334 g/mol. The van der Waals surface area contributed by atoms with Crippen molar-refractivity contribution in [1.29, 1.82) is 0 Å². The summed E-state index contributed by atoms with van der Waals surface area (Å²) in [5.41, 5.74) is 1.82. The molecule has 0 saturated heterocycles. The van der Waals surface area contributed by atoms with Gasteiger partial charge in [-0.05, 0) is 42.9 Å². The smallest absolute Gasteiger partial charge is 0.169 e. The van der Waals surface area contributed by atoms with Gasteiger partial charge in [0.2, 0.25) is 0 Å². The van der Waals surface area contributed by atoms with Crippen LogP contribution < -0.4 is 14.8 Å². The Morgan fingerprint density at radius 3 is 2.52 bits per heavy atom. The van der Waals surface area contributed by atoms with Crippen molar-refractivity contribution in [3.8, 4) is 17.2 Å². The van der Waals surface area contributed by atoms with Crippen molar-refractivity contribution < 1.29 is 14.6 Å². The zero-order chi connectivity index (χ0) is 15.2. The Labute approximate surface area is 132 Å². The zero-order valence-electron chi connectivity index (χ0n) is 12.0. The average molecular weight is 352 g/mol. The van der Waals surface area contributed by atoms with Crippen LogP contribution in [0.25, 0.3) is 0 Å². The van der Waals surface area contributed by atoms with Crippen LogP contribution in [0.5, 0.6) is 17.2 Å². The minimum Gasteiger partial charge on any atom is -0.493 e. The first-order valence-corrected chi connectivity index (χ1v) is 7.36. The second-order valence-corrected chi connectivity index (χ2v) is 5.44. The molecule has 0 radical (unpaired) electrons.